The second kappa shape index (κ2) is 13.6. The molecular weight excluding hydrogens is 324 g/mol. The Labute approximate surface area is 139 Å². The second-order valence-corrected chi connectivity index (χ2v) is 4.99. The van der Waals surface area contributed by atoms with Crippen LogP contribution in [0.15, 0.2) is 24.3 Å². The Morgan fingerprint density at radius 2 is 1.04 bits per heavy atom. The Morgan fingerprint density at radius 3 is 1.38 bits per heavy atom. The molecule has 0 aromatic heterocycles. The van der Waals surface area contributed by atoms with Gasteiger partial charge in [-0.15, -0.1) is 0 Å². The number of carboxylic acids is 2. The molecule has 0 aliphatic heterocycles. The smallest absolute Gasteiger partial charge is 0.327 e. The van der Waals surface area contributed by atoms with Gasteiger partial charge in [0, 0.05) is 12.2 Å². The van der Waals surface area contributed by atoms with Gasteiger partial charge in [-0.05, 0) is 12.8 Å². The van der Waals surface area contributed by atoms with E-state index < -0.39 is 30.3 Å². The van der Waals surface area contributed by atoms with Crippen LogP contribution in [-0.2, 0) is 19.1 Å². The molecular formula is C15H24O9. The van der Waals surface area contributed by atoms with Gasteiger partial charge in [-0.1, -0.05) is 12.2 Å². The third kappa shape index (κ3) is 15.1. The van der Waals surface area contributed by atoms with E-state index in [1.807, 2.05) is 0 Å². The fraction of sp³-hybridized carbons (Fsp3) is 0.600. The number of carboxylic acid groups (broad SMARTS) is 2. The summed E-state index contributed by atoms with van der Waals surface area (Å²) in [6, 6.07) is 0. The minimum absolute atomic E-state index is 0.0658. The first-order valence-electron chi connectivity index (χ1n) is 7.29. The fourth-order valence-corrected chi connectivity index (χ4v) is 1.52. The molecule has 9 nitrogen and oxygen atoms in total. The number of hydrogen-bond acceptors (Lipinski definition) is 7. The van der Waals surface area contributed by atoms with Crippen LogP contribution in [0.4, 0.5) is 0 Å². The molecule has 0 rings (SSSR count). The van der Waals surface area contributed by atoms with E-state index in [0.717, 1.165) is 12.2 Å². The molecule has 0 bridgehead atoms. The topological polar surface area (TPSA) is 154 Å². The maximum atomic E-state index is 10.2. The van der Waals surface area contributed by atoms with Crippen molar-refractivity contribution in [3.05, 3.63) is 24.3 Å². The van der Waals surface area contributed by atoms with E-state index >= 15 is 0 Å². The number of aliphatic carboxylic acids is 2. The van der Waals surface area contributed by atoms with Crippen molar-refractivity contribution < 1.29 is 44.6 Å². The number of aliphatic hydroxyl groups excluding tert-OH is 3. The lowest BCUT2D eigenvalue weighted by Crippen LogP contribution is -2.26. The predicted molar refractivity (Wildman–Crippen MR) is 82.4 cm³/mol. The molecule has 138 valence electrons. The van der Waals surface area contributed by atoms with E-state index in [2.05, 4.69) is 0 Å². The molecule has 0 aromatic rings. The van der Waals surface area contributed by atoms with E-state index in [0.29, 0.717) is 0 Å². The molecule has 0 radical (unpaired) electrons. The minimum Gasteiger partial charge on any atom is -0.478 e. The number of ether oxygens (including phenoxy) is 2. The third-order valence-corrected chi connectivity index (χ3v) is 2.58. The normalized spacial score (nSPS) is 15.6. The molecule has 0 aliphatic rings. The summed E-state index contributed by atoms with van der Waals surface area (Å²) in [5, 5.41) is 45.3. The summed E-state index contributed by atoms with van der Waals surface area (Å²) in [6.45, 7) is -0.309. The van der Waals surface area contributed by atoms with Crippen molar-refractivity contribution in [1.29, 1.82) is 0 Å². The average molecular weight is 348 g/mol. The standard InChI is InChI=1S/C15H24O9/c16-11(3-1-5-14(19)20)7-23-9-13(18)10-24-8-12(17)4-2-6-15(21)22/h1-2,5-6,11-13,16-18H,3-4,7-10H2,(H,19,20)(H,21,22). The summed E-state index contributed by atoms with van der Waals surface area (Å²) in [6.07, 6.45) is 1.98. The van der Waals surface area contributed by atoms with Gasteiger partial charge in [0.2, 0.25) is 0 Å². The van der Waals surface area contributed by atoms with Crippen molar-refractivity contribution in [3.8, 4) is 0 Å². The zero-order chi connectivity index (χ0) is 18.4. The predicted octanol–water partition coefficient (Wildman–Crippen LogP) is -0.836. The van der Waals surface area contributed by atoms with Crippen LogP contribution in [0.25, 0.3) is 0 Å². The third-order valence-electron chi connectivity index (χ3n) is 2.58. The van der Waals surface area contributed by atoms with Crippen LogP contribution in [-0.4, -0.2) is 82.2 Å². The molecule has 0 heterocycles. The van der Waals surface area contributed by atoms with Gasteiger partial charge in [0.05, 0.1) is 38.6 Å². The Bertz CT molecular complexity index is 381. The zero-order valence-electron chi connectivity index (χ0n) is 13.2. The van der Waals surface area contributed by atoms with Crippen molar-refractivity contribution in [3.63, 3.8) is 0 Å². The highest BCUT2D eigenvalue weighted by molar-refractivity contribution is 5.79. The molecule has 24 heavy (non-hydrogen) atoms. The molecule has 5 N–H and O–H groups in total. The van der Waals surface area contributed by atoms with Crippen LogP contribution >= 0.6 is 0 Å². The quantitative estimate of drug-likeness (QED) is 0.253. The van der Waals surface area contributed by atoms with Crippen molar-refractivity contribution >= 4 is 11.9 Å². The summed E-state index contributed by atoms with van der Waals surface area (Å²) in [7, 11) is 0. The summed E-state index contributed by atoms with van der Waals surface area (Å²) in [5.74, 6) is -2.20. The van der Waals surface area contributed by atoms with Crippen molar-refractivity contribution in [1.82, 2.24) is 0 Å². The Kier molecular flexibility index (Phi) is 12.6. The van der Waals surface area contributed by atoms with Gasteiger partial charge in [0.25, 0.3) is 0 Å². The highest BCUT2D eigenvalue weighted by Gasteiger charge is 2.09. The van der Waals surface area contributed by atoms with E-state index in [9.17, 15) is 24.9 Å². The van der Waals surface area contributed by atoms with Crippen LogP contribution in [0.2, 0.25) is 0 Å². The fourth-order valence-electron chi connectivity index (χ4n) is 1.52. The molecule has 2 atom stereocenters. The SMILES string of the molecule is O=C(O)C=CCC(O)COCC(O)COCC(O)CC=CC(=O)O. The minimum atomic E-state index is -1.10. The largest absolute Gasteiger partial charge is 0.478 e. The molecule has 0 amide bonds. The zero-order valence-corrected chi connectivity index (χ0v) is 13.2. The van der Waals surface area contributed by atoms with Crippen molar-refractivity contribution in [2.24, 2.45) is 0 Å². The lowest BCUT2D eigenvalue weighted by atomic mass is 10.2. The van der Waals surface area contributed by atoms with Gasteiger partial charge in [0.15, 0.2) is 0 Å². The number of rotatable bonds is 14. The van der Waals surface area contributed by atoms with Gasteiger partial charge in [0.1, 0.15) is 6.10 Å². The highest BCUT2D eigenvalue weighted by Crippen LogP contribution is 1.98. The first-order valence-corrected chi connectivity index (χ1v) is 7.29. The van der Waals surface area contributed by atoms with Crippen molar-refractivity contribution in [2.45, 2.75) is 31.2 Å². The first-order chi connectivity index (χ1) is 11.3. The Hall–Kier alpha value is -1.78. The van der Waals surface area contributed by atoms with Gasteiger partial charge in [-0.3, -0.25) is 0 Å². The summed E-state index contributed by atoms with van der Waals surface area (Å²) in [5.41, 5.74) is 0. The first kappa shape index (κ1) is 22.2. The van der Waals surface area contributed by atoms with Crippen molar-refractivity contribution in [2.75, 3.05) is 26.4 Å². The van der Waals surface area contributed by atoms with Crippen LogP contribution in [0, 0.1) is 0 Å². The lowest BCUT2D eigenvalue weighted by molar-refractivity contribution is -0.132. The number of aliphatic hydroxyl groups is 3. The molecule has 0 saturated carbocycles. The van der Waals surface area contributed by atoms with Crippen LogP contribution in [0.3, 0.4) is 0 Å². The maximum Gasteiger partial charge on any atom is 0.327 e. The maximum absolute atomic E-state index is 10.2. The lowest BCUT2D eigenvalue weighted by Gasteiger charge is -2.15. The number of hydrogen-bond donors (Lipinski definition) is 5. The molecule has 0 aliphatic carbocycles. The van der Waals surface area contributed by atoms with Gasteiger partial charge in [-0.25, -0.2) is 9.59 Å². The van der Waals surface area contributed by atoms with Gasteiger partial charge >= 0.3 is 11.9 Å². The molecule has 9 heteroatoms. The van der Waals surface area contributed by atoms with E-state index in [1.165, 1.54) is 12.2 Å². The van der Waals surface area contributed by atoms with Gasteiger partial charge < -0.3 is 35.0 Å². The summed E-state index contributed by atoms with van der Waals surface area (Å²) >= 11 is 0. The molecule has 0 spiro atoms. The molecule has 0 aromatic carbocycles. The monoisotopic (exact) mass is 348 g/mol. The summed E-state index contributed by atoms with van der Waals surface area (Å²) in [4.78, 5) is 20.5. The van der Waals surface area contributed by atoms with E-state index in [1.54, 1.807) is 0 Å². The Balaban J connectivity index is 3.67. The van der Waals surface area contributed by atoms with Crippen LogP contribution in [0.1, 0.15) is 12.8 Å². The van der Waals surface area contributed by atoms with Gasteiger partial charge in [-0.2, -0.15) is 0 Å². The summed E-state index contributed by atoms with van der Waals surface area (Å²) < 4.78 is 10.1. The Morgan fingerprint density at radius 1 is 0.708 bits per heavy atom. The highest BCUT2D eigenvalue weighted by atomic mass is 16.5. The molecule has 0 saturated heterocycles. The van der Waals surface area contributed by atoms with Crippen LogP contribution < -0.4 is 0 Å². The molecule has 0 fully saturated rings. The number of carbonyl (C=O) groups is 2. The van der Waals surface area contributed by atoms with E-state index in [4.69, 9.17) is 19.7 Å². The van der Waals surface area contributed by atoms with Crippen LogP contribution in [0.5, 0.6) is 0 Å². The van der Waals surface area contributed by atoms with E-state index in [-0.39, 0.29) is 39.3 Å². The molecule has 2 unspecified atom stereocenters. The average Bonchev–Trinajstić information content (AvgIpc) is 2.46. The second-order valence-electron chi connectivity index (χ2n) is 4.99.